The second kappa shape index (κ2) is 7.96. The van der Waals surface area contributed by atoms with E-state index in [-0.39, 0.29) is 44.8 Å². The fraction of sp³-hybridized carbons (Fsp3) is 0.833. The van der Waals surface area contributed by atoms with E-state index in [0.717, 1.165) is 12.8 Å². The predicted octanol–water partition coefficient (Wildman–Crippen LogP) is -0.278. The van der Waals surface area contributed by atoms with Gasteiger partial charge in [0.05, 0.1) is 19.6 Å². The van der Waals surface area contributed by atoms with Crippen LogP contribution in [0.5, 0.6) is 0 Å². The largest absolute Gasteiger partial charge is 0.481 e. The van der Waals surface area contributed by atoms with Crippen molar-refractivity contribution in [3.63, 3.8) is 0 Å². The zero-order valence-corrected chi connectivity index (χ0v) is 11.0. The molecule has 7 heteroatoms. The summed E-state index contributed by atoms with van der Waals surface area (Å²) >= 11 is 0. The number of hydrogen-bond donors (Lipinski definition) is 3. The summed E-state index contributed by atoms with van der Waals surface area (Å²) in [6, 6.07) is -0.590. The Morgan fingerprint density at radius 3 is 2.32 bits per heavy atom. The van der Waals surface area contributed by atoms with E-state index in [4.69, 9.17) is 15.3 Å². The van der Waals surface area contributed by atoms with E-state index in [9.17, 15) is 9.59 Å². The Kier molecular flexibility index (Phi) is 6.58. The molecule has 1 aliphatic heterocycles. The van der Waals surface area contributed by atoms with Crippen molar-refractivity contribution in [1.29, 1.82) is 0 Å². The molecule has 0 radical (unpaired) electrons. The van der Waals surface area contributed by atoms with Crippen molar-refractivity contribution < 1.29 is 24.9 Å². The van der Waals surface area contributed by atoms with Gasteiger partial charge in [0.25, 0.3) is 0 Å². The van der Waals surface area contributed by atoms with Crippen LogP contribution in [0.15, 0.2) is 0 Å². The van der Waals surface area contributed by atoms with Crippen molar-refractivity contribution in [2.45, 2.75) is 31.7 Å². The second-order valence-corrected chi connectivity index (χ2v) is 4.66. The molecule has 110 valence electrons. The Balaban J connectivity index is 2.70. The average molecular weight is 274 g/mol. The molecule has 7 nitrogen and oxygen atoms in total. The maximum absolute atomic E-state index is 12.3. The zero-order chi connectivity index (χ0) is 14.3. The zero-order valence-electron chi connectivity index (χ0n) is 11.0. The molecule has 19 heavy (non-hydrogen) atoms. The number of rotatable bonds is 6. The van der Waals surface area contributed by atoms with Crippen molar-refractivity contribution in [3.8, 4) is 0 Å². The molecule has 1 saturated heterocycles. The highest BCUT2D eigenvalue weighted by Crippen LogP contribution is 2.21. The van der Waals surface area contributed by atoms with Crippen LogP contribution in [0.25, 0.3) is 0 Å². The summed E-state index contributed by atoms with van der Waals surface area (Å²) in [5.41, 5.74) is 0. The van der Waals surface area contributed by atoms with Crippen molar-refractivity contribution in [2.24, 2.45) is 0 Å². The van der Waals surface area contributed by atoms with Crippen LogP contribution in [0.1, 0.15) is 25.7 Å². The molecule has 1 atom stereocenters. The molecule has 0 spiro atoms. The van der Waals surface area contributed by atoms with Gasteiger partial charge in [0.2, 0.25) is 0 Å². The highest BCUT2D eigenvalue weighted by molar-refractivity contribution is 5.76. The Morgan fingerprint density at radius 1 is 1.16 bits per heavy atom. The quantitative estimate of drug-likeness (QED) is 0.618. The van der Waals surface area contributed by atoms with Crippen LogP contribution in [0.4, 0.5) is 4.79 Å². The summed E-state index contributed by atoms with van der Waals surface area (Å²) in [6.07, 6.45) is 2.40. The van der Waals surface area contributed by atoms with E-state index in [2.05, 4.69) is 0 Å². The Bertz CT molecular complexity index is 304. The molecule has 3 N–H and O–H groups in total. The fourth-order valence-electron chi connectivity index (χ4n) is 2.39. The van der Waals surface area contributed by atoms with Crippen LogP contribution in [0.2, 0.25) is 0 Å². The van der Waals surface area contributed by atoms with Crippen LogP contribution in [-0.4, -0.2) is 76.0 Å². The lowest BCUT2D eigenvalue weighted by atomic mass is 10.00. The first-order chi connectivity index (χ1) is 9.10. The third-order valence-corrected chi connectivity index (χ3v) is 3.29. The van der Waals surface area contributed by atoms with E-state index in [1.54, 1.807) is 4.90 Å². The molecule has 0 saturated carbocycles. The maximum atomic E-state index is 12.3. The first-order valence-corrected chi connectivity index (χ1v) is 6.59. The molecule has 1 rings (SSSR count). The number of hydrogen-bond acceptors (Lipinski definition) is 4. The van der Waals surface area contributed by atoms with Crippen LogP contribution in [-0.2, 0) is 4.79 Å². The highest BCUT2D eigenvalue weighted by Gasteiger charge is 2.30. The van der Waals surface area contributed by atoms with E-state index in [0.29, 0.717) is 13.0 Å². The summed E-state index contributed by atoms with van der Waals surface area (Å²) < 4.78 is 0. The van der Waals surface area contributed by atoms with Crippen molar-refractivity contribution in [1.82, 2.24) is 9.80 Å². The minimum Gasteiger partial charge on any atom is -0.481 e. The minimum absolute atomic E-state index is 0.0577. The summed E-state index contributed by atoms with van der Waals surface area (Å²) in [6.45, 7) is 0.474. The van der Waals surface area contributed by atoms with Crippen LogP contribution in [0, 0.1) is 0 Å². The summed E-state index contributed by atoms with van der Waals surface area (Å²) in [7, 11) is 0. The number of urea groups is 1. The van der Waals surface area contributed by atoms with Gasteiger partial charge in [-0.15, -0.1) is 0 Å². The molecular weight excluding hydrogens is 252 g/mol. The van der Waals surface area contributed by atoms with Crippen LogP contribution < -0.4 is 0 Å². The van der Waals surface area contributed by atoms with Crippen molar-refractivity contribution >= 4 is 12.0 Å². The lowest BCUT2D eigenvalue weighted by molar-refractivity contribution is -0.138. The van der Waals surface area contributed by atoms with E-state index in [1.807, 2.05) is 0 Å². The standard InChI is InChI=1S/C12H22N2O5/c15-7-5-13(6-8-16)12(19)14-4-2-1-3-10(14)9-11(17)18/h10,15-16H,1-9H2,(H,17,18). The first kappa shape index (κ1) is 15.7. The second-order valence-electron chi connectivity index (χ2n) is 4.66. The van der Waals surface area contributed by atoms with E-state index in [1.165, 1.54) is 4.90 Å². The van der Waals surface area contributed by atoms with Crippen LogP contribution in [0.3, 0.4) is 0 Å². The number of amides is 2. The third-order valence-electron chi connectivity index (χ3n) is 3.29. The van der Waals surface area contributed by atoms with Crippen LogP contribution >= 0.6 is 0 Å². The maximum Gasteiger partial charge on any atom is 0.320 e. The van der Waals surface area contributed by atoms with E-state index < -0.39 is 5.97 Å². The number of likely N-dealkylation sites (tertiary alicyclic amines) is 1. The average Bonchev–Trinajstić information content (AvgIpc) is 2.38. The summed E-state index contributed by atoms with van der Waals surface area (Å²) in [4.78, 5) is 26.1. The topological polar surface area (TPSA) is 101 Å². The van der Waals surface area contributed by atoms with E-state index >= 15 is 0 Å². The molecule has 1 fully saturated rings. The highest BCUT2D eigenvalue weighted by atomic mass is 16.4. The minimum atomic E-state index is -0.916. The van der Waals surface area contributed by atoms with Gasteiger partial charge < -0.3 is 25.1 Å². The van der Waals surface area contributed by atoms with Gasteiger partial charge in [0.15, 0.2) is 0 Å². The number of aliphatic hydroxyl groups excluding tert-OH is 2. The molecule has 1 aliphatic rings. The number of carbonyl (C=O) groups excluding carboxylic acids is 1. The molecule has 0 bridgehead atoms. The molecular formula is C12H22N2O5. The van der Waals surface area contributed by atoms with Gasteiger partial charge in [-0.3, -0.25) is 4.79 Å². The number of piperidine rings is 1. The first-order valence-electron chi connectivity index (χ1n) is 6.59. The monoisotopic (exact) mass is 274 g/mol. The van der Waals surface area contributed by atoms with Gasteiger partial charge in [-0.1, -0.05) is 0 Å². The van der Waals surface area contributed by atoms with Gasteiger partial charge >= 0.3 is 12.0 Å². The molecule has 2 amide bonds. The lowest BCUT2D eigenvalue weighted by Crippen LogP contribution is -2.52. The number of nitrogens with zero attached hydrogens (tertiary/aromatic N) is 2. The SMILES string of the molecule is O=C(O)CC1CCCCN1C(=O)N(CCO)CCO. The number of aliphatic carboxylic acids is 1. The van der Waals surface area contributed by atoms with Gasteiger partial charge in [0.1, 0.15) is 0 Å². The van der Waals surface area contributed by atoms with Crippen molar-refractivity contribution in [2.75, 3.05) is 32.8 Å². The van der Waals surface area contributed by atoms with Crippen molar-refractivity contribution in [3.05, 3.63) is 0 Å². The summed E-state index contributed by atoms with van der Waals surface area (Å²) in [5, 5.41) is 26.7. The van der Waals surface area contributed by atoms with Gasteiger partial charge in [-0.25, -0.2) is 4.79 Å². The Labute approximate surface area is 112 Å². The molecule has 0 aromatic carbocycles. The van der Waals surface area contributed by atoms with Gasteiger partial charge in [-0.05, 0) is 19.3 Å². The smallest absolute Gasteiger partial charge is 0.320 e. The lowest BCUT2D eigenvalue weighted by Gasteiger charge is -2.38. The Hall–Kier alpha value is -1.34. The normalized spacial score (nSPS) is 19.3. The molecule has 0 aromatic rings. The molecule has 0 aliphatic carbocycles. The summed E-state index contributed by atoms with van der Waals surface area (Å²) in [5.74, 6) is -0.916. The number of carboxylic acid groups (broad SMARTS) is 1. The number of aliphatic hydroxyl groups is 2. The molecule has 1 heterocycles. The molecule has 0 aromatic heterocycles. The number of carbonyl (C=O) groups is 2. The fourth-order valence-corrected chi connectivity index (χ4v) is 2.39. The Morgan fingerprint density at radius 2 is 1.79 bits per heavy atom. The predicted molar refractivity (Wildman–Crippen MR) is 67.7 cm³/mol. The third kappa shape index (κ3) is 4.68. The number of carboxylic acids is 1. The molecule has 1 unspecified atom stereocenters. The van der Waals surface area contributed by atoms with Gasteiger partial charge in [0, 0.05) is 25.7 Å². The van der Waals surface area contributed by atoms with Gasteiger partial charge in [-0.2, -0.15) is 0 Å².